The molecule has 0 aliphatic heterocycles. The SMILES string of the molecule is Cc1ccc(S(=O)(=O)c2c(-c3ccccc3)[nH]c(O)c2C=N)cc1. The molecule has 0 aliphatic rings. The number of H-pyrrole nitrogens is 1. The van der Waals surface area contributed by atoms with Crippen molar-refractivity contribution in [2.24, 2.45) is 0 Å². The summed E-state index contributed by atoms with van der Waals surface area (Å²) >= 11 is 0. The molecule has 2 aromatic carbocycles. The zero-order valence-electron chi connectivity index (χ0n) is 12.9. The summed E-state index contributed by atoms with van der Waals surface area (Å²) in [5.74, 6) is -0.338. The predicted octanol–water partition coefficient (Wildman–Crippen LogP) is 3.53. The van der Waals surface area contributed by atoms with Crippen LogP contribution in [0, 0.1) is 12.3 Å². The number of aromatic hydroxyl groups is 1. The molecule has 0 fully saturated rings. The maximum Gasteiger partial charge on any atom is 0.209 e. The summed E-state index contributed by atoms with van der Waals surface area (Å²) < 4.78 is 26.2. The molecule has 0 saturated carbocycles. The van der Waals surface area contributed by atoms with Gasteiger partial charge >= 0.3 is 0 Å². The maximum absolute atomic E-state index is 13.1. The summed E-state index contributed by atoms with van der Waals surface area (Å²) in [5.41, 5.74) is 1.79. The minimum absolute atomic E-state index is 0.0468. The number of sulfone groups is 1. The van der Waals surface area contributed by atoms with Crippen molar-refractivity contribution in [1.82, 2.24) is 4.98 Å². The molecule has 0 spiro atoms. The zero-order chi connectivity index (χ0) is 17.3. The molecule has 122 valence electrons. The van der Waals surface area contributed by atoms with Gasteiger partial charge in [0.15, 0.2) is 5.88 Å². The second kappa shape index (κ2) is 5.98. The largest absolute Gasteiger partial charge is 0.494 e. The highest BCUT2D eigenvalue weighted by Gasteiger charge is 2.29. The van der Waals surface area contributed by atoms with E-state index in [0.717, 1.165) is 11.8 Å². The summed E-state index contributed by atoms with van der Waals surface area (Å²) in [4.78, 5) is 2.72. The average molecular weight is 340 g/mol. The number of aryl methyl sites for hydroxylation is 1. The van der Waals surface area contributed by atoms with Gasteiger partial charge in [-0.1, -0.05) is 48.0 Å². The van der Waals surface area contributed by atoms with Crippen molar-refractivity contribution in [2.45, 2.75) is 16.7 Å². The highest BCUT2D eigenvalue weighted by molar-refractivity contribution is 7.91. The van der Waals surface area contributed by atoms with Crippen LogP contribution in [0.4, 0.5) is 0 Å². The molecule has 3 N–H and O–H groups in total. The van der Waals surface area contributed by atoms with Crippen LogP contribution in [0.3, 0.4) is 0 Å². The van der Waals surface area contributed by atoms with Gasteiger partial charge in [0.25, 0.3) is 0 Å². The van der Waals surface area contributed by atoms with E-state index in [9.17, 15) is 13.5 Å². The van der Waals surface area contributed by atoms with E-state index in [-0.39, 0.29) is 26.9 Å². The van der Waals surface area contributed by atoms with Crippen molar-refractivity contribution in [1.29, 1.82) is 5.41 Å². The van der Waals surface area contributed by atoms with Gasteiger partial charge in [-0.3, -0.25) is 0 Å². The predicted molar refractivity (Wildman–Crippen MR) is 92.4 cm³/mol. The molecule has 0 unspecified atom stereocenters. The summed E-state index contributed by atoms with van der Waals surface area (Å²) in [6.07, 6.45) is 0.847. The fourth-order valence-electron chi connectivity index (χ4n) is 2.54. The summed E-state index contributed by atoms with van der Waals surface area (Å²) in [5, 5.41) is 17.6. The lowest BCUT2D eigenvalue weighted by atomic mass is 10.1. The first-order valence-electron chi connectivity index (χ1n) is 7.27. The van der Waals surface area contributed by atoms with E-state index >= 15 is 0 Å². The molecule has 0 aliphatic carbocycles. The van der Waals surface area contributed by atoms with Crippen LogP contribution in [-0.4, -0.2) is 24.7 Å². The molecule has 1 heterocycles. The van der Waals surface area contributed by atoms with Crippen molar-refractivity contribution < 1.29 is 13.5 Å². The summed E-state index contributed by atoms with van der Waals surface area (Å²) in [7, 11) is -3.90. The van der Waals surface area contributed by atoms with E-state index in [4.69, 9.17) is 5.41 Å². The van der Waals surface area contributed by atoms with E-state index in [1.54, 1.807) is 36.4 Å². The second-order valence-electron chi connectivity index (χ2n) is 5.42. The van der Waals surface area contributed by atoms with Crippen LogP contribution in [0.25, 0.3) is 11.3 Å². The monoisotopic (exact) mass is 340 g/mol. The number of nitrogens with one attached hydrogen (secondary N) is 2. The Morgan fingerprint density at radius 2 is 1.67 bits per heavy atom. The molecule has 3 rings (SSSR count). The molecular weight excluding hydrogens is 324 g/mol. The van der Waals surface area contributed by atoms with Gasteiger partial charge in [0.05, 0.1) is 16.2 Å². The highest BCUT2D eigenvalue weighted by Crippen LogP contribution is 2.37. The second-order valence-corrected chi connectivity index (χ2v) is 7.30. The number of rotatable bonds is 4. The Bertz CT molecular complexity index is 989. The Morgan fingerprint density at radius 1 is 1.04 bits per heavy atom. The van der Waals surface area contributed by atoms with Crippen LogP contribution in [0.1, 0.15) is 11.1 Å². The topological polar surface area (TPSA) is 94.0 Å². The quantitative estimate of drug-likeness (QED) is 0.634. The van der Waals surface area contributed by atoms with E-state index in [0.29, 0.717) is 5.56 Å². The zero-order valence-corrected chi connectivity index (χ0v) is 13.8. The van der Waals surface area contributed by atoms with Gasteiger partial charge in [0.2, 0.25) is 9.84 Å². The molecule has 0 saturated heterocycles. The van der Waals surface area contributed by atoms with Crippen molar-refractivity contribution in [3.63, 3.8) is 0 Å². The smallest absolute Gasteiger partial charge is 0.209 e. The van der Waals surface area contributed by atoms with E-state index in [2.05, 4.69) is 4.98 Å². The number of aromatic nitrogens is 1. The number of aromatic amines is 1. The first-order chi connectivity index (χ1) is 11.4. The molecule has 24 heavy (non-hydrogen) atoms. The van der Waals surface area contributed by atoms with Crippen LogP contribution in [0.15, 0.2) is 64.4 Å². The van der Waals surface area contributed by atoms with Gasteiger partial charge in [-0.2, -0.15) is 0 Å². The van der Waals surface area contributed by atoms with Crippen LogP contribution < -0.4 is 0 Å². The summed E-state index contributed by atoms with van der Waals surface area (Å²) in [6, 6.07) is 15.3. The first-order valence-corrected chi connectivity index (χ1v) is 8.76. The van der Waals surface area contributed by atoms with Gasteiger partial charge < -0.3 is 15.5 Å². The Hall–Kier alpha value is -2.86. The highest BCUT2D eigenvalue weighted by atomic mass is 32.2. The fraction of sp³-hybridized carbons (Fsp3) is 0.0556. The first kappa shape index (κ1) is 16.0. The maximum atomic E-state index is 13.1. The van der Waals surface area contributed by atoms with Gasteiger partial charge in [-0.05, 0) is 24.6 Å². The summed E-state index contributed by atoms with van der Waals surface area (Å²) in [6.45, 7) is 1.87. The van der Waals surface area contributed by atoms with Crippen LogP contribution >= 0.6 is 0 Å². The Labute approximate surface area is 140 Å². The normalized spacial score (nSPS) is 11.4. The Morgan fingerprint density at radius 3 is 2.25 bits per heavy atom. The number of hydrogen-bond donors (Lipinski definition) is 3. The molecule has 0 amide bonds. The van der Waals surface area contributed by atoms with Crippen LogP contribution in [0.2, 0.25) is 0 Å². The van der Waals surface area contributed by atoms with Crippen molar-refractivity contribution >= 4 is 16.1 Å². The van der Waals surface area contributed by atoms with E-state index in [1.165, 1.54) is 12.1 Å². The molecule has 1 aromatic heterocycles. The number of hydrogen-bond acceptors (Lipinski definition) is 4. The van der Waals surface area contributed by atoms with Crippen molar-refractivity contribution in [3.05, 3.63) is 65.7 Å². The number of benzene rings is 2. The third-order valence-corrected chi connectivity index (χ3v) is 5.63. The molecular formula is C18H16N2O3S. The molecule has 3 aromatic rings. The van der Waals surface area contributed by atoms with E-state index < -0.39 is 9.84 Å². The standard InChI is InChI=1S/C18H16N2O3S/c1-12-7-9-14(10-8-12)24(22,23)17-15(11-19)18(21)20-16(17)13-5-3-2-4-6-13/h2-11,19-21H,1H3. The molecule has 0 bridgehead atoms. The lowest BCUT2D eigenvalue weighted by Gasteiger charge is -2.08. The van der Waals surface area contributed by atoms with Crippen molar-refractivity contribution in [2.75, 3.05) is 0 Å². The van der Waals surface area contributed by atoms with Gasteiger partial charge in [-0.25, -0.2) is 8.42 Å². The van der Waals surface area contributed by atoms with E-state index in [1.807, 2.05) is 13.0 Å². The average Bonchev–Trinajstić information content (AvgIpc) is 2.93. The lowest BCUT2D eigenvalue weighted by Crippen LogP contribution is -2.05. The van der Waals surface area contributed by atoms with Crippen LogP contribution in [0.5, 0.6) is 5.88 Å². The third-order valence-electron chi connectivity index (χ3n) is 3.78. The molecule has 5 nitrogen and oxygen atoms in total. The van der Waals surface area contributed by atoms with Crippen molar-refractivity contribution in [3.8, 4) is 17.1 Å². The van der Waals surface area contributed by atoms with Gasteiger partial charge in [0.1, 0.15) is 4.90 Å². The minimum atomic E-state index is -3.90. The Kier molecular flexibility index (Phi) is 3.99. The van der Waals surface area contributed by atoms with Crippen LogP contribution in [-0.2, 0) is 9.84 Å². The van der Waals surface area contributed by atoms with Gasteiger partial charge in [-0.15, -0.1) is 0 Å². The molecule has 0 atom stereocenters. The third kappa shape index (κ3) is 2.61. The Balaban J connectivity index is 2.30. The van der Waals surface area contributed by atoms with Gasteiger partial charge in [0, 0.05) is 6.21 Å². The molecule has 0 radical (unpaired) electrons. The minimum Gasteiger partial charge on any atom is -0.494 e. The lowest BCUT2D eigenvalue weighted by molar-refractivity contribution is 0.456. The molecule has 6 heteroatoms. The fourth-order valence-corrected chi connectivity index (χ4v) is 4.15.